The molecule has 0 atom stereocenters. The molecule has 5 rings (SSSR count). The Kier molecular flexibility index (Phi) is 6.32. The third-order valence-electron chi connectivity index (χ3n) is 6.58. The summed E-state index contributed by atoms with van der Waals surface area (Å²) in [5.41, 5.74) is 1.56. The monoisotopic (exact) mass is 526 g/mol. The largest absolute Gasteiger partial charge is 0.323 e. The van der Waals surface area contributed by atoms with Gasteiger partial charge in [0.25, 0.3) is 10.0 Å². The fourth-order valence-corrected chi connectivity index (χ4v) is 7.81. The van der Waals surface area contributed by atoms with Crippen molar-refractivity contribution in [3.63, 3.8) is 0 Å². The van der Waals surface area contributed by atoms with Crippen LogP contribution in [-0.4, -0.2) is 58.5 Å². The molecular weight excluding hydrogens is 500 g/mol. The van der Waals surface area contributed by atoms with Crippen LogP contribution in [0.3, 0.4) is 0 Å². The van der Waals surface area contributed by atoms with Gasteiger partial charge in [-0.3, -0.25) is 0 Å². The second-order valence-corrected chi connectivity index (χ2v) is 12.7. The third kappa shape index (κ3) is 4.07. The lowest BCUT2D eigenvalue weighted by Gasteiger charge is -2.32. The average Bonchev–Trinajstić information content (AvgIpc) is 3.46. The lowest BCUT2D eigenvalue weighted by molar-refractivity contribution is 0.274. The first-order chi connectivity index (χ1) is 17.3. The maximum absolute atomic E-state index is 13.3. The number of rotatable bonds is 7. The van der Waals surface area contributed by atoms with E-state index in [4.69, 9.17) is 0 Å². The number of aromatic nitrogens is 4. The molecule has 10 nitrogen and oxygen atoms in total. The van der Waals surface area contributed by atoms with E-state index in [-0.39, 0.29) is 28.8 Å². The highest BCUT2D eigenvalue weighted by Gasteiger charge is 2.31. The van der Waals surface area contributed by atoms with E-state index in [9.17, 15) is 22.1 Å². The number of imidazole rings is 1. The van der Waals surface area contributed by atoms with E-state index in [0.29, 0.717) is 54.6 Å². The molecule has 4 heterocycles. The number of hydrogen-bond donors (Lipinski definition) is 0. The molecule has 188 valence electrons. The first kappa shape index (κ1) is 24.4. The average molecular weight is 527 g/mol. The van der Waals surface area contributed by atoms with Gasteiger partial charge >= 0.3 is 0 Å². The van der Waals surface area contributed by atoms with Crippen molar-refractivity contribution in [3.8, 4) is 6.07 Å². The highest BCUT2D eigenvalue weighted by molar-refractivity contribution is 7.90. The van der Waals surface area contributed by atoms with Crippen LogP contribution in [0.4, 0.5) is 0 Å². The van der Waals surface area contributed by atoms with Crippen LogP contribution in [0.1, 0.15) is 38.1 Å². The van der Waals surface area contributed by atoms with Crippen molar-refractivity contribution in [2.24, 2.45) is 0 Å². The summed E-state index contributed by atoms with van der Waals surface area (Å²) in [4.78, 5) is 9.22. The summed E-state index contributed by atoms with van der Waals surface area (Å²) >= 11 is 0. The smallest absolute Gasteiger partial charge is 0.269 e. The van der Waals surface area contributed by atoms with E-state index in [2.05, 4.69) is 16.0 Å². The number of sulfonamides is 1. The molecule has 3 aromatic heterocycles. The van der Waals surface area contributed by atoms with Gasteiger partial charge in [-0.1, -0.05) is 25.1 Å². The van der Waals surface area contributed by atoms with Crippen molar-refractivity contribution >= 4 is 42.1 Å². The number of nitriles is 1. The summed E-state index contributed by atoms with van der Waals surface area (Å²) in [7, 11) is -7.15. The van der Waals surface area contributed by atoms with Gasteiger partial charge in [0.2, 0.25) is 10.0 Å². The number of benzene rings is 1. The fraction of sp³-hybridized carbons (Fsp3) is 0.375. The van der Waals surface area contributed by atoms with Crippen LogP contribution < -0.4 is 0 Å². The van der Waals surface area contributed by atoms with E-state index in [1.165, 1.54) is 32.8 Å². The van der Waals surface area contributed by atoms with Crippen LogP contribution in [0.25, 0.3) is 22.1 Å². The van der Waals surface area contributed by atoms with E-state index < -0.39 is 20.0 Å². The zero-order valence-electron chi connectivity index (χ0n) is 19.8. The second kappa shape index (κ2) is 9.31. The lowest BCUT2D eigenvalue weighted by atomic mass is 10.1. The summed E-state index contributed by atoms with van der Waals surface area (Å²) in [5, 5.41) is 10.1. The minimum Gasteiger partial charge on any atom is -0.323 e. The summed E-state index contributed by atoms with van der Waals surface area (Å²) in [6.07, 6.45) is 4.80. The molecule has 1 saturated heterocycles. The van der Waals surface area contributed by atoms with Crippen molar-refractivity contribution in [2.75, 3.05) is 18.8 Å². The van der Waals surface area contributed by atoms with Gasteiger partial charge in [0.1, 0.15) is 11.3 Å². The number of pyridine rings is 1. The molecule has 1 aliphatic heterocycles. The lowest BCUT2D eigenvalue weighted by Crippen LogP contribution is -2.40. The number of hydrogen-bond acceptors (Lipinski definition) is 7. The molecule has 0 N–H and O–H groups in total. The Hall–Kier alpha value is -3.27. The van der Waals surface area contributed by atoms with Gasteiger partial charge < -0.3 is 4.57 Å². The van der Waals surface area contributed by atoms with Crippen LogP contribution in [0.15, 0.2) is 53.7 Å². The minimum atomic E-state index is -3.86. The van der Waals surface area contributed by atoms with Crippen LogP contribution in [-0.2, 0) is 26.5 Å². The van der Waals surface area contributed by atoms with Crippen molar-refractivity contribution in [1.82, 2.24) is 22.8 Å². The molecule has 0 unspecified atom stereocenters. The molecule has 1 aromatic carbocycles. The highest BCUT2D eigenvalue weighted by atomic mass is 32.2. The standard InChI is InChI=1S/C24H26N6O4S2/c1-2-16-35(31,32)28-13-9-18(10-14-28)30-22(8-12-25)27-21-17-26-24-20(23(21)30)11-15-29(24)36(33,34)19-6-4-3-5-7-19/h3-7,11,15,17-18H,2,8-10,13-14,16H2,1H3. The maximum Gasteiger partial charge on any atom is 0.269 e. The van der Waals surface area contributed by atoms with Crippen molar-refractivity contribution in [3.05, 3.63) is 54.6 Å². The zero-order valence-corrected chi connectivity index (χ0v) is 21.4. The Balaban J connectivity index is 1.61. The van der Waals surface area contributed by atoms with Gasteiger partial charge in [-0.15, -0.1) is 0 Å². The highest BCUT2D eigenvalue weighted by Crippen LogP contribution is 2.34. The number of nitrogens with zero attached hydrogens (tertiary/aromatic N) is 6. The van der Waals surface area contributed by atoms with Gasteiger partial charge in [-0.2, -0.15) is 5.26 Å². The predicted octanol–water partition coefficient (Wildman–Crippen LogP) is 3.07. The van der Waals surface area contributed by atoms with E-state index in [1.54, 1.807) is 24.3 Å². The topological polar surface area (TPSA) is 131 Å². The Labute approximate surface area is 209 Å². The molecule has 36 heavy (non-hydrogen) atoms. The molecule has 0 spiro atoms. The van der Waals surface area contributed by atoms with E-state index >= 15 is 0 Å². The summed E-state index contributed by atoms with van der Waals surface area (Å²) in [6.45, 7) is 2.62. The van der Waals surface area contributed by atoms with Crippen molar-refractivity contribution in [2.45, 2.75) is 43.5 Å². The minimum absolute atomic E-state index is 0.0769. The molecular formula is C24H26N6O4S2. The Morgan fingerprint density at radius 1 is 1.08 bits per heavy atom. The van der Waals surface area contributed by atoms with Crippen molar-refractivity contribution in [1.29, 1.82) is 5.26 Å². The van der Waals surface area contributed by atoms with E-state index in [0.717, 1.165) is 0 Å². The molecule has 0 radical (unpaired) electrons. The van der Waals surface area contributed by atoms with Crippen LogP contribution in [0.2, 0.25) is 0 Å². The molecule has 12 heteroatoms. The van der Waals surface area contributed by atoms with Crippen LogP contribution >= 0.6 is 0 Å². The van der Waals surface area contributed by atoms with Gasteiger partial charge in [-0.05, 0) is 37.5 Å². The molecule has 1 fully saturated rings. The van der Waals surface area contributed by atoms with Gasteiger partial charge in [-0.25, -0.2) is 35.1 Å². The Morgan fingerprint density at radius 2 is 1.81 bits per heavy atom. The Morgan fingerprint density at radius 3 is 2.47 bits per heavy atom. The molecule has 0 bridgehead atoms. The van der Waals surface area contributed by atoms with Gasteiger partial charge in [0, 0.05) is 30.7 Å². The number of fused-ring (bicyclic) bond motifs is 3. The first-order valence-electron chi connectivity index (χ1n) is 11.8. The second-order valence-electron chi connectivity index (χ2n) is 8.84. The zero-order chi connectivity index (χ0) is 25.5. The van der Waals surface area contributed by atoms with E-state index in [1.807, 2.05) is 11.5 Å². The molecule has 4 aromatic rings. The van der Waals surface area contributed by atoms with Gasteiger partial charge in [0.15, 0.2) is 5.65 Å². The third-order valence-corrected chi connectivity index (χ3v) is 10.3. The molecule has 1 aliphatic rings. The maximum atomic E-state index is 13.3. The van der Waals surface area contributed by atoms with Gasteiger partial charge in [0.05, 0.1) is 34.9 Å². The first-order valence-corrected chi connectivity index (χ1v) is 14.8. The SMILES string of the molecule is CCCS(=O)(=O)N1CCC(n2c(CC#N)nc3cnc4c(ccn4S(=O)(=O)c4ccccc4)c32)CC1. The molecule has 0 aliphatic carbocycles. The molecule has 0 saturated carbocycles. The van der Waals surface area contributed by atoms with Crippen LogP contribution in [0, 0.1) is 11.3 Å². The van der Waals surface area contributed by atoms with Crippen molar-refractivity contribution < 1.29 is 16.8 Å². The summed E-state index contributed by atoms with van der Waals surface area (Å²) in [6, 6.07) is 12.0. The normalized spacial score (nSPS) is 16.0. The predicted molar refractivity (Wildman–Crippen MR) is 135 cm³/mol. The Bertz CT molecular complexity index is 1680. The summed E-state index contributed by atoms with van der Waals surface area (Å²) < 4.78 is 56.4. The summed E-state index contributed by atoms with van der Waals surface area (Å²) in [5.74, 6) is 0.691. The van der Waals surface area contributed by atoms with Crippen LogP contribution in [0.5, 0.6) is 0 Å². The molecule has 0 amide bonds. The fourth-order valence-electron chi connectivity index (χ4n) is 4.95. The quantitative estimate of drug-likeness (QED) is 0.362. The number of piperidine rings is 1.